The fraction of sp³-hybridized carbons (Fsp3) is 0.208. The number of fused-ring (bicyclic) bond motifs is 1. The van der Waals surface area contributed by atoms with Gasteiger partial charge in [0, 0.05) is 49.2 Å². The summed E-state index contributed by atoms with van der Waals surface area (Å²) in [6.45, 7) is 2.50. The average Bonchev–Trinajstić information content (AvgIpc) is 3.19. The van der Waals surface area contributed by atoms with Gasteiger partial charge in [-0.15, -0.1) is 0 Å². The standard InChI is InChI=1S/C24H24N4O2/c1-17-9-12-28-21(16-26-23(28)13-17)20(19-5-3-4-6-22(19)30-2)14-24(29)27-15-18-7-10-25-11-8-18/h3-13,16,20H,14-15H2,1-2H3,(H,27,29). The smallest absolute Gasteiger partial charge is 0.221 e. The summed E-state index contributed by atoms with van der Waals surface area (Å²) in [6, 6.07) is 15.7. The summed E-state index contributed by atoms with van der Waals surface area (Å²) >= 11 is 0. The summed E-state index contributed by atoms with van der Waals surface area (Å²) in [6.07, 6.45) is 7.58. The quantitative estimate of drug-likeness (QED) is 0.511. The van der Waals surface area contributed by atoms with E-state index in [1.165, 1.54) is 0 Å². The molecule has 1 unspecified atom stereocenters. The number of nitrogens with one attached hydrogen (secondary N) is 1. The first-order valence-corrected chi connectivity index (χ1v) is 9.88. The van der Waals surface area contributed by atoms with Crippen molar-refractivity contribution in [2.24, 2.45) is 0 Å². The van der Waals surface area contributed by atoms with Crippen molar-refractivity contribution in [1.29, 1.82) is 0 Å². The van der Waals surface area contributed by atoms with E-state index in [9.17, 15) is 4.79 Å². The largest absolute Gasteiger partial charge is 0.496 e. The van der Waals surface area contributed by atoms with E-state index >= 15 is 0 Å². The minimum atomic E-state index is -0.198. The Morgan fingerprint density at radius 3 is 2.77 bits per heavy atom. The molecule has 4 rings (SSSR count). The summed E-state index contributed by atoms with van der Waals surface area (Å²) in [7, 11) is 1.65. The number of ether oxygens (including phenoxy) is 1. The molecular formula is C24H24N4O2. The van der Waals surface area contributed by atoms with E-state index in [0.29, 0.717) is 6.54 Å². The van der Waals surface area contributed by atoms with Gasteiger partial charge in [-0.3, -0.25) is 9.78 Å². The van der Waals surface area contributed by atoms with E-state index in [1.807, 2.05) is 72.2 Å². The first-order chi connectivity index (χ1) is 14.7. The lowest BCUT2D eigenvalue weighted by atomic mass is 9.91. The van der Waals surface area contributed by atoms with E-state index in [0.717, 1.165) is 33.8 Å². The van der Waals surface area contributed by atoms with E-state index < -0.39 is 0 Å². The topological polar surface area (TPSA) is 68.5 Å². The van der Waals surface area contributed by atoms with Crippen LogP contribution in [0.2, 0.25) is 0 Å². The number of hydrogen-bond acceptors (Lipinski definition) is 4. The maximum Gasteiger partial charge on any atom is 0.221 e. The number of para-hydroxylation sites is 1. The molecule has 30 heavy (non-hydrogen) atoms. The van der Waals surface area contributed by atoms with Crippen LogP contribution in [0.3, 0.4) is 0 Å². The van der Waals surface area contributed by atoms with E-state index in [4.69, 9.17) is 4.74 Å². The van der Waals surface area contributed by atoms with Gasteiger partial charge in [0.25, 0.3) is 0 Å². The van der Waals surface area contributed by atoms with Gasteiger partial charge in [-0.2, -0.15) is 0 Å². The summed E-state index contributed by atoms with van der Waals surface area (Å²) in [5.41, 5.74) is 4.93. The van der Waals surface area contributed by atoms with Crippen LogP contribution in [0.1, 0.15) is 34.7 Å². The molecule has 3 heterocycles. The highest BCUT2D eigenvalue weighted by atomic mass is 16.5. The number of benzene rings is 1. The molecule has 0 aliphatic carbocycles. The number of amides is 1. The molecule has 1 amide bonds. The van der Waals surface area contributed by atoms with Crippen LogP contribution in [0, 0.1) is 6.92 Å². The third-order valence-corrected chi connectivity index (χ3v) is 5.20. The zero-order valence-corrected chi connectivity index (χ0v) is 17.1. The van der Waals surface area contributed by atoms with Gasteiger partial charge >= 0.3 is 0 Å². The molecule has 0 bridgehead atoms. The highest BCUT2D eigenvalue weighted by Crippen LogP contribution is 2.34. The molecule has 6 heteroatoms. The van der Waals surface area contributed by atoms with Crippen LogP contribution in [0.25, 0.3) is 5.65 Å². The number of nitrogens with zero attached hydrogens (tertiary/aromatic N) is 3. The molecule has 1 N–H and O–H groups in total. The van der Waals surface area contributed by atoms with Crippen molar-refractivity contribution in [2.75, 3.05) is 7.11 Å². The van der Waals surface area contributed by atoms with Gasteiger partial charge in [0.05, 0.1) is 12.8 Å². The SMILES string of the molecule is COc1ccccc1C(CC(=O)NCc1ccncc1)c1cnc2cc(C)ccn12. The van der Waals surface area contributed by atoms with Crippen molar-refractivity contribution in [2.45, 2.75) is 25.8 Å². The molecule has 1 atom stereocenters. The Kier molecular flexibility index (Phi) is 5.75. The molecule has 0 saturated heterocycles. The van der Waals surface area contributed by atoms with Crippen molar-refractivity contribution in [3.63, 3.8) is 0 Å². The summed E-state index contributed by atoms with van der Waals surface area (Å²) in [4.78, 5) is 21.5. The maximum atomic E-state index is 12.9. The highest BCUT2D eigenvalue weighted by molar-refractivity contribution is 5.77. The molecular weight excluding hydrogens is 376 g/mol. The number of pyridine rings is 2. The average molecular weight is 400 g/mol. The minimum Gasteiger partial charge on any atom is -0.496 e. The van der Waals surface area contributed by atoms with Crippen molar-refractivity contribution in [3.8, 4) is 5.75 Å². The number of rotatable bonds is 7. The number of methoxy groups -OCH3 is 1. The molecule has 0 saturated carbocycles. The van der Waals surface area contributed by atoms with Gasteiger partial charge in [0.15, 0.2) is 0 Å². The molecule has 0 aliphatic rings. The predicted molar refractivity (Wildman–Crippen MR) is 115 cm³/mol. The first kappa shape index (κ1) is 19.6. The van der Waals surface area contributed by atoms with Gasteiger partial charge < -0.3 is 14.5 Å². The number of aromatic nitrogens is 3. The van der Waals surface area contributed by atoms with Gasteiger partial charge in [-0.25, -0.2) is 4.98 Å². The Hall–Kier alpha value is -3.67. The van der Waals surface area contributed by atoms with Gasteiger partial charge in [-0.05, 0) is 48.4 Å². The molecule has 1 aromatic carbocycles. The fourth-order valence-electron chi connectivity index (χ4n) is 3.65. The number of imidazole rings is 1. The normalized spacial score (nSPS) is 11.9. The summed E-state index contributed by atoms with van der Waals surface area (Å²) < 4.78 is 7.64. The fourth-order valence-corrected chi connectivity index (χ4v) is 3.65. The lowest BCUT2D eigenvalue weighted by Crippen LogP contribution is -2.25. The summed E-state index contributed by atoms with van der Waals surface area (Å²) in [5, 5.41) is 3.02. The first-order valence-electron chi connectivity index (χ1n) is 9.88. The lowest BCUT2D eigenvalue weighted by molar-refractivity contribution is -0.121. The molecule has 0 fully saturated rings. The molecule has 0 spiro atoms. The lowest BCUT2D eigenvalue weighted by Gasteiger charge is -2.20. The summed E-state index contributed by atoms with van der Waals surface area (Å²) in [5.74, 6) is 0.521. The minimum absolute atomic E-state index is 0.0372. The van der Waals surface area contributed by atoms with Gasteiger partial charge in [0.1, 0.15) is 11.4 Å². The third-order valence-electron chi connectivity index (χ3n) is 5.20. The van der Waals surface area contributed by atoms with E-state index in [-0.39, 0.29) is 18.2 Å². The number of hydrogen-bond donors (Lipinski definition) is 1. The molecule has 3 aromatic heterocycles. The molecule has 0 aliphatic heterocycles. The second kappa shape index (κ2) is 8.78. The Morgan fingerprint density at radius 2 is 1.97 bits per heavy atom. The predicted octanol–water partition coefficient (Wildman–Crippen LogP) is 3.88. The van der Waals surface area contributed by atoms with Crippen LogP contribution in [0.5, 0.6) is 5.75 Å². The van der Waals surface area contributed by atoms with Crippen molar-refractivity contribution < 1.29 is 9.53 Å². The van der Waals surface area contributed by atoms with E-state index in [2.05, 4.69) is 15.3 Å². The van der Waals surface area contributed by atoms with Crippen LogP contribution >= 0.6 is 0 Å². The van der Waals surface area contributed by atoms with Crippen LogP contribution in [0.4, 0.5) is 0 Å². The Labute approximate surface area is 175 Å². The zero-order valence-electron chi connectivity index (χ0n) is 17.1. The van der Waals surface area contributed by atoms with Crippen molar-refractivity contribution >= 4 is 11.6 Å². The van der Waals surface area contributed by atoms with Crippen molar-refractivity contribution in [3.05, 3.63) is 95.7 Å². The monoisotopic (exact) mass is 400 g/mol. The van der Waals surface area contributed by atoms with Crippen LogP contribution in [0.15, 0.2) is 73.3 Å². The molecule has 4 aromatic rings. The Morgan fingerprint density at radius 1 is 1.17 bits per heavy atom. The molecule has 0 radical (unpaired) electrons. The van der Waals surface area contributed by atoms with Gasteiger partial charge in [-0.1, -0.05) is 18.2 Å². The number of carbonyl (C=O) groups is 1. The second-order valence-electron chi connectivity index (χ2n) is 7.25. The highest BCUT2D eigenvalue weighted by Gasteiger charge is 2.24. The zero-order chi connectivity index (χ0) is 20.9. The van der Waals surface area contributed by atoms with Crippen molar-refractivity contribution in [1.82, 2.24) is 19.7 Å². The Balaban J connectivity index is 1.66. The van der Waals surface area contributed by atoms with Crippen LogP contribution in [-0.2, 0) is 11.3 Å². The third kappa shape index (κ3) is 4.17. The van der Waals surface area contributed by atoms with Gasteiger partial charge in [0.2, 0.25) is 5.91 Å². The number of aryl methyl sites for hydroxylation is 1. The van der Waals surface area contributed by atoms with Crippen LogP contribution < -0.4 is 10.1 Å². The molecule has 6 nitrogen and oxygen atoms in total. The Bertz CT molecular complexity index is 1150. The number of carbonyl (C=O) groups excluding carboxylic acids is 1. The maximum absolute atomic E-state index is 12.9. The van der Waals surface area contributed by atoms with Crippen LogP contribution in [-0.4, -0.2) is 27.4 Å². The second-order valence-corrected chi connectivity index (χ2v) is 7.25. The van der Waals surface area contributed by atoms with E-state index in [1.54, 1.807) is 19.5 Å². The molecule has 152 valence electrons.